The maximum Gasteiger partial charge on any atom is 0.469 e. The van der Waals surface area contributed by atoms with Gasteiger partial charge in [-0.3, -0.25) is 18.9 Å². The van der Waals surface area contributed by atoms with Gasteiger partial charge in [-0.1, -0.05) is 107 Å². The van der Waals surface area contributed by atoms with Crippen LogP contribution in [0.15, 0.2) is 60.8 Å². The number of aliphatic hydroxyl groups excluding tert-OH is 2. The number of Topliss-reactive ketones (excluding diaryl/α,β-unsaturated/α-hetero) is 1. The third kappa shape index (κ3) is 26.7. The molecule has 0 radical (unpaired) electrons. The minimum Gasteiger partial charge on any atom is -0.462 e. The van der Waals surface area contributed by atoms with Crippen molar-refractivity contribution >= 4 is 25.5 Å². The quantitative estimate of drug-likeness (QED) is 0.0231. The van der Waals surface area contributed by atoms with Gasteiger partial charge < -0.3 is 29.5 Å². The molecule has 0 amide bonds. The van der Waals surface area contributed by atoms with Gasteiger partial charge in [0.25, 0.3) is 0 Å². The molecule has 1 aliphatic carbocycles. The van der Waals surface area contributed by atoms with E-state index in [0.717, 1.165) is 51.4 Å². The molecule has 302 valence electrons. The zero-order chi connectivity index (χ0) is 39.2. The van der Waals surface area contributed by atoms with Crippen LogP contribution in [0.3, 0.4) is 0 Å². The van der Waals surface area contributed by atoms with Gasteiger partial charge in [0.15, 0.2) is 6.10 Å². The van der Waals surface area contributed by atoms with Crippen molar-refractivity contribution in [1.29, 1.82) is 0 Å². The van der Waals surface area contributed by atoms with Gasteiger partial charge >= 0.3 is 19.8 Å². The molecule has 53 heavy (non-hydrogen) atoms. The van der Waals surface area contributed by atoms with Crippen molar-refractivity contribution in [1.82, 2.24) is 0 Å². The molecular formula is C41H67O11P. The van der Waals surface area contributed by atoms with E-state index in [1.54, 1.807) is 12.2 Å². The Labute approximate surface area is 317 Å². The van der Waals surface area contributed by atoms with E-state index in [2.05, 4.69) is 54.8 Å². The van der Waals surface area contributed by atoms with E-state index >= 15 is 0 Å². The topological polar surface area (TPSA) is 177 Å². The van der Waals surface area contributed by atoms with Crippen molar-refractivity contribution in [3.63, 3.8) is 0 Å². The second kappa shape index (κ2) is 30.6. The maximum absolute atomic E-state index is 12.5. The number of rotatable bonds is 31. The molecule has 0 saturated heterocycles. The van der Waals surface area contributed by atoms with Gasteiger partial charge in [-0.25, -0.2) is 4.57 Å². The minimum atomic E-state index is -4.83. The van der Waals surface area contributed by atoms with Crippen LogP contribution in [0.1, 0.15) is 136 Å². The Morgan fingerprint density at radius 1 is 0.792 bits per heavy atom. The number of ketones is 1. The zero-order valence-corrected chi connectivity index (χ0v) is 33.0. The van der Waals surface area contributed by atoms with Crippen LogP contribution in [0.5, 0.6) is 0 Å². The monoisotopic (exact) mass is 766 g/mol. The molecular weight excluding hydrogens is 699 g/mol. The lowest BCUT2D eigenvalue weighted by molar-refractivity contribution is -0.161. The summed E-state index contributed by atoms with van der Waals surface area (Å²) in [5, 5.41) is 20.6. The van der Waals surface area contributed by atoms with Crippen LogP contribution < -0.4 is 0 Å². The van der Waals surface area contributed by atoms with Gasteiger partial charge in [0.2, 0.25) is 0 Å². The first-order valence-electron chi connectivity index (χ1n) is 19.7. The molecule has 11 nitrogen and oxygen atoms in total. The summed E-state index contributed by atoms with van der Waals surface area (Å²) in [5.41, 5.74) is 0. The fraction of sp³-hybridized carbons (Fsp3) is 0.683. The van der Waals surface area contributed by atoms with Gasteiger partial charge in [0.1, 0.15) is 12.4 Å². The summed E-state index contributed by atoms with van der Waals surface area (Å²) in [5.74, 6) is -1.87. The number of phosphoric acid groups is 1. The van der Waals surface area contributed by atoms with Crippen LogP contribution >= 0.6 is 7.82 Å². The molecule has 0 bridgehead atoms. The molecule has 0 aromatic heterocycles. The van der Waals surface area contributed by atoms with Gasteiger partial charge in [-0.05, 0) is 70.6 Å². The molecule has 1 saturated carbocycles. The highest BCUT2D eigenvalue weighted by molar-refractivity contribution is 7.46. The average Bonchev–Trinajstić information content (AvgIpc) is 3.38. The summed E-state index contributed by atoms with van der Waals surface area (Å²) in [6.45, 7) is 3.27. The third-order valence-electron chi connectivity index (χ3n) is 8.88. The Morgan fingerprint density at radius 2 is 1.38 bits per heavy atom. The summed E-state index contributed by atoms with van der Waals surface area (Å²) in [6, 6.07) is 0. The van der Waals surface area contributed by atoms with Crippen LogP contribution in [0.4, 0.5) is 0 Å². The molecule has 0 aromatic carbocycles. The Balaban J connectivity index is 2.36. The highest BCUT2D eigenvalue weighted by Gasteiger charge is 2.39. The Bertz CT molecular complexity index is 1200. The number of esters is 2. The van der Waals surface area contributed by atoms with Gasteiger partial charge in [0, 0.05) is 31.1 Å². The molecule has 5 atom stereocenters. The Kier molecular flexibility index (Phi) is 28.0. The van der Waals surface area contributed by atoms with E-state index in [1.807, 2.05) is 12.2 Å². The third-order valence-corrected chi connectivity index (χ3v) is 9.36. The van der Waals surface area contributed by atoms with E-state index in [9.17, 15) is 29.2 Å². The largest absolute Gasteiger partial charge is 0.469 e. The summed E-state index contributed by atoms with van der Waals surface area (Å²) in [7, 11) is -4.83. The number of unbranched alkanes of at least 4 members (excludes halogenated alkanes) is 8. The normalized spacial score (nSPS) is 19.4. The van der Waals surface area contributed by atoms with Crippen LogP contribution in [0.2, 0.25) is 0 Å². The number of hydrogen-bond donors (Lipinski definition) is 4. The molecule has 12 heteroatoms. The molecule has 0 aromatic rings. The minimum absolute atomic E-state index is 0.0120. The van der Waals surface area contributed by atoms with Crippen molar-refractivity contribution in [3.8, 4) is 0 Å². The standard InChI is InChI=1S/C41H67O11P/c1-3-5-7-8-9-10-11-12-13-14-15-16-17-18-24-28-41(46)52-35(33-51-53(47,48)49)32-50-40(45)27-23-20-19-22-26-36-37(39(44)31-38(36)43)30-29-34(42)25-21-6-4-2/h9-10,12-13,15-16,19,22,29-30,34-37,39,42,44H,3-8,11,14,17-18,20-21,23-28,31-33H2,1-2H3,(H2,47,48,49)/b10-9-,13-12-,16-15-,22-19-,30-29+/t34-,35+,36+,37+,39+/m0/s1. The summed E-state index contributed by atoms with van der Waals surface area (Å²) < 4.78 is 26.2. The Hall–Kier alpha value is -2.66. The molecule has 0 unspecified atom stereocenters. The SMILES string of the molecule is CCCCC/C=C\C/C=C\C/C=C\CCCCC(=O)O[C@H](COC(=O)CCC/C=C\C[C@H]1C(=O)C[C@@H](O)[C@@H]1/C=C/[C@@H](O)CCCCC)COP(=O)(O)O. The lowest BCUT2D eigenvalue weighted by atomic mass is 9.90. The molecule has 0 aliphatic heterocycles. The number of carbonyl (C=O) groups excluding carboxylic acids is 3. The highest BCUT2D eigenvalue weighted by Crippen LogP contribution is 2.36. The van der Waals surface area contributed by atoms with E-state index in [4.69, 9.17) is 19.3 Å². The van der Waals surface area contributed by atoms with E-state index in [0.29, 0.717) is 32.1 Å². The first-order chi connectivity index (χ1) is 25.5. The lowest BCUT2D eigenvalue weighted by Gasteiger charge is -2.18. The lowest BCUT2D eigenvalue weighted by Crippen LogP contribution is -2.29. The first kappa shape index (κ1) is 48.4. The average molecular weight is 767 g/mol. The molecule has 1 rings (SSSR count). The molecule has 4 N–H and O–H groups in total. The maximum atomic E-state index is 12.5. The number of ether oxygens (including phenoxy) is 2. The van der Waals surface area contributed by atoms with Gasteiger partial charge in [-0.15, -0.1) is 0 Å². The summed E-state index contributed by atoms with van der Waals surface area (Å²) >= 11 is 0. The van der Waals surface area contributed by atoms with E-state index in [-0.39, 0.29) is 36.9 Å². The van der Waals surface area contributed by atoms with Gasteiger partial charge in [-0.2, -0.15) is 0 Å². The second-order valence-electron chi connectivity index (χ2n) is 13.7. The highest BCUT2D eigenvalue weighted by atomic mass is 31.2. The van der Waals surface area contributed by atoms with Crippen molar-refractivity contribution in [2.45, 2.75) is 154 Å². The number of allylic oxidation sites excluding steroid dienone is 8. The number of phosphoric ester groups is 1. The Morgan fingerprint density at radius 3 is 2.04 bits per heavy atom. The summed E-state index contributed by atoms with van der Waals surface area (Å²) in [6.07, 6.45) is 31.7. The van der Waals surface area contributed by atoms with Crippen LogP contribution in [-0.2, 0) is 32.9 Å². The predicted molar refractivity (Wildman–Crippen MR) is 208 cm³/mol. The van der Waals surface area contributed by atoms with E-state index in [1.165, 1.54) is 19.3 Å². The number of aliphatic hydroxyl groups is 2. The second-order valence-corrected chi connectivity index (χ2v) is 14.9. The zero-order valence-electron chi connectivity index (χ0n) is 32.1. The number of hydrogen-bond acceptors (Lipinski definition) is 9. The number of carbonyl (C=O) groups is 3. The molecule has 1 aliphatic rings. The molecule has 0 spiro atoms. The summed E-state index contributed by atoms with van der Waals surface area (Å²) in [4.78, 5) is 55.4. The van der Waals surface area contributed by atoms with Crippen molar-refractivity contribution < 1.29 is 52.9 Å². The van der Waals surface area contributed by atoms with Crippen molar-refractivity contribution in [2.24, 2.45) is 11.8 Å². The smallest absolute Gasteiger partial charge is 0.462 e. The van der Waals surface area contributed by atoms with Crippen molar-refractivity contribution in [3.05, 3.63) is 60.8 Å². The van der Waals surface area contributed by atoms with Crippen LogP contribution in [-0.4, -0.2) is 69.2 Å². The molecule has 0 heterocycles. The van der Waals surface area contributed by atoms with Gasteiger partial charge in [0.05, 0.1) is 18.8 Å². The first-order valence-corrected chi connectivity index (χ1v) is 21.2. The molecule has 1 fully saturated rings. The fourth-order valence-electron chi connectivity index (χ4n) is 5.83. The van der Waals surface area contributed by atoms with Crippen LogP contribution in [0, 0.1) is 11.8 Å². The predicted octanol–water partition coefficient (Wildman–Crippen LogP) is 8.32. The van der Waals surface area contributed by atoms with Crippen molar-refractivity contribution in [2.75, 3.05) is 13.2 Å². The van der Waals surface area contributed by atoms with Crippen LogP contribution in [0.25, 0.3) is 0 Å². The fourth-order valence-corrected chi connectivity index (χ4v) is 6.19. The van der Waals surface area contributed by atoms with E-state index < -0.39 is 51.3 Å².